The van der Waals surface area contributed by atoms with Crippen LogP contribution in [0.3, 0.4) is 0 Å². The summed E-state index contributed by atoms with van der Waals surface area (Å²) < 4.78 is 1.23. The van der Waals surface area contributed by atoms with Crippen LogP contribution >= 0.6 is 11.3 Å². The molecule has 1 fully saturated rings. The maximum atomic E-state index is 10.9. The highest BCUT2D eigenvalue weighted by molar-refractivity contribution is 7.19. The van der Waals surface area contributed by atoms with Gasteiger partial charge in [0.2, 0.25) is 0 Å². The summed E-state index contributed by atoms with van der Waals surface area (Å²) in [6.45, 7) is 2.08. The molecule has 0 bridgehead atoms. The highest BCUT2D eigenvalue weighted by atomic mass is 32.1. The van der Waals surface area contributed by atoms with Gasteiger partial charge >= 0.3 is 6.09 Å². The Hall–Kier alpha value is -1.63. The summed E-state index contributed by atoms with van der Waals surface area (Å²) in [5.74, 6) is 0. The Bertz CT molecular complexity index is 602. The van der Waals surface area contributed by atoms with E-state index >= 15 is 0 Å². The van der Waals surface area contributed by atoms with Gasteiger partial charge < -0.3 is 15.1 Å². The number of thiophene rings is 1. The SMILES string of the molecule is O=C(O)N1CCN(C(O)Cc2cc3ccccc3s2)CC1. The van der Waals surface area contributed by atoms with Gasteiger partial charge in [-0.05, 0) is 17.5 Å². The van der Waals surface area contributed by atoms with Crippen LogP contribution in [0.15, 0.2) is 30.3 Å². The zero-order chi connectivity index (χ0) is 14.8. The first-order valence-electron chi connectivity index (χ1n) is 7.01. The molecular weight excluding hydrogens is 288 g/mol. The second kappa shape index (κ2) is 6.01. The van der Waals surface area contributed by atoms with Crippen molar-refractivity contribution in [2.45, 2.75) is 12.6 Å². The average Bonchev–Trinajstić information content (AvgIpc) is 2.89. The lowest BCUT2D eigenvalue weighted by molar-refractivity contribution is -0.0210. The van der Waals surface area contributed by atoms with Gasteiger partial charge in [0, 0.05) is 42.2 Å². The molecule has 2 heterocycles. The van der Waals surface area contributed by atoms with E-state index < -0.39 is 12.3 Å². The number of carboxylic acid groups (broad SMARTS) is 1. The van der Waals surface area contributed by atoms with Gasteiger partial charge in [-0.1, -0.05) is 18.2 Å². The molecule has 2 N–H and O–H groups in total. The third kappa shape index (κ3) is 3.18. The van der Waals surface area contributed by atoms with Crippen LogP contribution in [0.4, 0.5) is 4.79 Å². The molecule has 1 atom stereocenters. The van der Waals surface area contributed by atoms with Gasteiger partial charge in [0.05, 0.1) is 0 Å². The van der Waals surface area contributed by atoms with Crippen LogP contribution in [0.2, 0.25) is 0 Å². The minimum atomic E-state index is -0.881. The van der Waals surface area contributed by atoms with Crippen LogP contribution in [0, 0.1) is 0 Å². The van der Waals surface area contributed by atoms with Gasteiger partial charge in [-0.25, -0.2) is 4.79 Å². The molecule has 112 valence electrons. The van der Waals surface area contributed by atoms with E-state index in [9.17, 15) is 9.90 Å². The first-order valence-corrected chi connectivity index (χ1v) is 7.82. The molecule has 2 aromatic rings. The summed E-state index contributed by atoms with van der Waals surface area (Å²) in [7, 11) is 0. The number of nitrogens with zero attached hydrogens (tertiary/aromatic N) is 2. The fraction of sp³-hybridized carbons (Fsp3) is 0.400. The first-order chi connectivity index (χ1) is 10.1. The minimum Gasteiger partial charge on any atom is -0.465 e. The molecule has 1 aliphatic rings. The van der Waals surface area contributed by atoms with Crippen molar-refractivity contribution in [3.8, 4) is 0 Å². The van der Waals surface area contributed by atoms with Crippen LogP contribution < -0.4 is 0 Å². The molecule has 0 radical (unpaired) electrons. The highest BCUT2D eigenvalue weighted by Gasteiger charge is 2.25. The predicted molar refractivity (Wildman–Crippen MR) is 82.7 cm³/mol. The molecular formula is C15H18N2O3S. The molecule has 0 aliphatic carbocycles. The van der Waals surface area contributed by atoms with Crippen LogP contribution in [-0.2, 0) is 6.42 Å². The Labute approximate surface area is 127 Å². The molecule has 21 heavy (non-hydrogen) atoms. The Morgan fingerprint density at radius 3 is 2.62 bits per heavy atom. The Balaban J connectivity index is 1.61. The van der Waals surface area contributed by atoms with Crippen molar-refractivity contribution in [1.29, 1.82) is 0 Å². The molecule has 1 unspecified atom stereocenters. The predicted octanol–water partition coefficient (Wildman–Crippen LogP) is 2.06. The van der Waals surface area contributed by atoms with Crippen LogP contribution in [0.1, 0.15) is 4.88 Å². The van der Waals surface area contributed by atoms with Gasteiger partial charge in [0.25, 0.3) is 0 Å². The topological polar surface area (TPSA) is 64.0 Å². The minimum absolute atomic E-state index is 0.457. The van der Waals surface area contributed by atoms with Crippen molar-refractivity contribution >= 4 is 27.5 Å². The van der Waals surface area contributed by atoms with Crippen molar-refractivity contribution in [3.63, 3.8) is 0 Å². The Morgan fingerprint density at radius 2 is 1.95 bits per heavy atom. The molecule has 6 heteroatoms. The lowest BCUT2D eigenvalue weighted by Gasteiger charge is -2.35. The van der Waals surface area contributed by atoms with Gasteiger partial charge in [-0.3, -0.25) is 4.90 Å². The number of hydrogen-bond acceptors (Lipinski definition) is 4. The standard InChI is InChI=1S/C15H18N2O3S/c18-14(16-5-7-17(8-6-16)15(19)20)10-12-9-11-3-1-2-4-13(11)21-12/h1-4,9,14,18H,5-8,10H2,(H,19,20). The zero-order valence-electron chi connectivity index (χ0n) is 11.6. The van der Waals surface area contributed by atoms with Gasteiger partial charge in [0.15, 0.2) is 0 Å². The number of hydrogen-bond donors (Lipinski definition) is 2. The van der Waals surface area contributed by atoms with E-state index in [1.165, 1.54) is 15.0 Å². The maximum absolute atomic E-state index is 10.9. The third-order valence-electron chi connectivity index (χ3n) is 3.87. The van der Waals surface area contributed by atoms with E-state index in [0.29, 0.717) is 32.6 Å². The van der Waals surface area contributed by atoms with Crippen molar-refractivity contribution < 1.29 is 15.0 Å². The molecule has 1 saturated heterocycles. The first kappa shape index (κ1) is 14.3. The summed E-state index contributed by atoms with van der Waals surface area (Å²) >= 11 is 1.70. The number of benzene rings is 1. The normalized spacial score (nSPS) is 18.0. The van der Waals surface area contributed by atoms with Gasteiger partial charge in [0.1, 0.15) is 6.23 Å². The number of fused-ring (bicyclic) bond motifs is 1. The van der Waals surface area contributed by atoms with Crippen molar-refractivity contribution in [3.05, 3.63) is 35.2 Å². The van der Waals surface area contributed by atoms with Crippen LogP contribution in [0.25, 0.3) is 10.1 Å². The van der Waals surface area contributed by atoms with Crippen molar-refractivity contribution in [2.24, 2.45) is 0 Å². The number of aliphatic hydroxyl groups excluding tert-OH is 1. The summed E-state index contributed by atoms with van der Waals surface area (Å²) in [6, 6.07) is 10.3. The number of rotatable bonds is 3. The Kier molecular flexibility index (Phi) is 4.10. The molecule has 1 aromatic carbocycles. The van der Waals surface area contributed by atoms with E-state index in [-0.39, 0.29) is 0 Å². The molecule has 3 rings (SSSR count). The smallest absolute Gasteiger partial charge is 0.407 e. The van der Waals surface area contributed by atoms with Gasteiger partial charge in [-0.15, -0.1) is 11.3 Å². The van der Waals surface area contributed by atoms with Crippen molar-refractivity contribution in [1.82, 2.24) is 9.80 Å². The molecule has 1 amide bonds. The summed E-state index contributed by atoms with van der Waals surface area (Å²) in [5, 5.41) is 20.5. The monoisotopic (exact) mass is 306 g/mol. The molecule has 5 nitrogen and oxygen atoms in total. The number of amides is 1. The van der Waals surface area contributed by atoms with E-state index in [0.717, 1.165) is 4.88 Å². The quantitative estimate of drug-likeness (QED) is 0.911. The average molecular weight is 306 g/mol. The summed E-state index contributed by atoms with van der Waals surface area (Å²) in [4.78, 5) is 15.4. The van der Waals surface area contributed by atoms with Crippen LogP contribution in [0.5, 0.6) is 0 Å². The molecule has 1 aromatic heterocycles. The van der Waals surface area contributed by atoms with Crippen molar-refractivity contribution in [2.75, 3.05) is 26.2 Å². The second-order valence-corrected chi connectivity index (χ2v) is 6.41. The summed E-state index contributed by atoms with van der Waals surface area (Å²) in [5.41, 5.74) is 0. The fourth-order valence-corrected chi connectivity index (χ4v) is 3.75. The molecule has 0 saturated carbocycles. The number of aliphatic hydroxyl groups is 1. The van der Waals surface area contributed by atoms with Crippen LogP contribution in [-0.4, -0.2) is 58.5 Å². The zero-order valence-corrected chi connectivity index (χ0v) is 12.4. The maximum Gasteiger partial charge on any atom is 0.407 e. The van der Waals surface area contributed by atoms with E-state index in [1.807, 2.05) is 17.0 Å². The summed E-state index contributed by atoms with van der Waals surface area (Å²) in [6.07, 6.45) is -0.838. The largest absolute Gasteiger partial charge is 0.465 e. The number of carbonyl (C=O) groups is 1. The lowest BCUT2D eigenvalue weighted by atomic mass is 10.2. The second-order valence-electron chi connectivity index (χ2n) is 5.24. The number of piperazine rings is 1. The Morgan fingerprint density at radius 1 is 1.24 bits per heavy atom. The van der Waals surface area contributed by atoms with E-state index in [2.05, 4.69) is 18.2 Å². The molecule has 0 spiro atoms. The third-order valence-corrected chi connectivity index (χ3v) is 5.00. The lowest BCUT2D eigenvalue weighted by Crippen LogP contribution is -2.52. The van der Waals surface area contributed by atoms with E-state index in [4.69, 9.17) is 5.11 Å². The highest BCUT2D eigenvalue weighted by Crippen LogP contribution is 2.26. The van der Waals surface area contributed by atoms with Gasteiger partial charge in [-0.2, -0.15) is 0 Å². The fourth-order valence-electron chi connectivity index (χ4n) is 2.66. The molecule has 1 aliphatic heterocycles. The van der Waals surface area contributed by atoms with E-state index in [1.54, 1.807) is 11.3 Å².